The molecule has 1 aliphatic carbocycles. The molecule has 0 aliphatic heterocycles. The number of hydrogen-bond donors (Lipinski definition) is 1. The lowest BCUT2D eigenvalue weighted by Gasteiger charge is -2.23. The van der Waals surface area contributed by atoms with E-state index in [1.807, 2.05) is 35.0 Å². The minimum atomic E-state index is 0.483. The van der Waals surface area contributed by atoms with Gasteiger partial charge in [0.25, 0.3) is 0 Å². The first-order valence-corrected chi connectivity index (χ1v) is 9.96. The molecule has 2 heterocycles. The van der Waals surface area contributed by atoms with Gasteiger partial charge in [0.05, 0.1) is 11.2 Å². The minimum Gasteiger partial charge on any atom is -0.365 e. The molecule has 0 unspecified atom stereocenters. The lowest BCUT2D eigenvalue weighted by atomic mass is 9.95. The van der Waals surface area contributed by atoms with Crippen LogP contribution in [0.25, 0.3) is 27.5 Å². The monoisotopic (exact) mass is 376 g/mol. The lowest BCUT2D eigenvalue weighted by molar-refractivity contribution is 0.462. The van der Waals surface area contributed by atoms with Gasteiger partial charge >= 0.3 is 0 Å². The van der Waals surface area contributed by atoms with E-state index in [9.17, 15) is 0 Å². The molecule has 2 aromatic carbocycles. The number of benzene rings is 2. The number of fused-ring (bicyclic) bond motifs is 3. The first-order chi connectivity index (χ1) is 13.3. The van der Waals surface area contributed by atoms with Crippen molar-refractivity contribution < 1.29 is 0 Å². The number of anilines is 1. The zero-order chi connectivity index (χ0) is 18.2. The molecule has 5 heteroatoms. The van der Waals surface area contributed by atoms with E-state index in [1.165, 1.54) is 32.1 Å². The minimum absolute atomic E-state index is 0.483. The molecular weight excluding hydrogens is 356 g/mol. The summed E-state index contributed by atoms with van der Waals surface area (Å²) in [4.78, 5) is 4.91. The molecule has 1 N–H and O–H groups in total. The summed E-state index contributed by atoms with van der Waals surface area (Å²) in [6.07, 6.45) is 8.40. The van der Waals surface area contributed by atoms with Crippen molar-refractivity contribution in [3.05, 3.63) is 59.8 Å². The Labute approximate surface area is 163 Å². The Bertz CT molecular complexity index is 1090. The Morgan fingerprint density at radius 3 is 2.52 bits per heavy atom. The fourth-order valence-electron chi connectivity index (χ4n) is 3.99. The molecule has 4 nitrogen and oxygen atoms in total. The van der Waals surface area contributed by atoms with E-state index in [1.54, 1.807) is 0 Å². The van der Waals surface area contributed by atoms with Crippen LogP contribution < -0.4 is 5.32 Å². The zero-order valence-corrected chi connectivity index (χ0v) is 15.8. The van der Waals surface area contributed by atoms with Gasteiger partial charge in [0.15, 0.2) is 5.82 Å². The number of pyridine rings is 1. The van der Waals surface area contributed by atoms with Crippen LogP contribution in [-0.4, -0.2) is 20.8 Å². The molecule has 27 heavy (non-hydrogen) atoms. The van der Waals surface area contributed by atoms with E-state index in [0.29, 0.717) is 6.04 Å². The van der Waals surface area contributed by atoms with Crippen molar-refractivity contribution in [1.29, 1.82) is 0 Å². The molecule has 5 rings (SSSR count). The molecule has 0 saturated heterocycles. The summed E-state index contributed by atoms with van der Waals surface area (Å²) in [5, 5.41) is 11.5. The summed E-state index contributed by atoms with van der Waals surface area (Å²) in [5.41, 5.74) is 2.91. The van der Waals surface area contributed by atoms with Gasteiger partial charge in [-0.1, -0.05) is 49.1 Å². The zero-order valence-electron chi connectivity index (χ0n) is 15.0. The maximum atomic E-state index is 6.04. The molecule has 2 aromatic heterocycles. The second kappa shape index (κ2) is 6.86. The molecule has 1 saturated carbocycles. The van der Waals surface area contributed by atoms with Gasteiger partial charge in [-0.25, -0.2) is 9.67 Å². The number of para-hydroxylation sites is 1. The van der Waals surface area contributed by atoms with E-state index >= 15 is 0 Å². The summed E-state index contributed by atoms with van der Waals surface area (Å²) >= 11 is 6.04. The van der Waals surface area contributed by atoms with Gasteiger partial charge in [-0.05, 0) is 43.2 Å². The third-order valence-corrected chi connectivity index (χ3v) is 5.65. The average Bonchev–Trinajstić information content (AvgIpc) is 3.15. The van der Waals surface area contributed by atoms with Crippen molar-refractivity contribution in [1.82, 2.24) is 14.8 Å². The largest absolute Gasteiger partial charge is 0.365 e. The molecule has 0 amide bonds. The predicted octanol–water partition coefficient (Wildman–Crippen LogP) is 5.97. The van der Waals surface area contributed by atoms with Crippen LogP contribution in [0.2, 0.25) is 5.02 Å². The van der Waals surface area contributed by atoms with Crippen LogP contribution in [0.1, 0.15) is 32.1 Å². The van der Waals surface area contributed by atoms with Crippen molar-refractivity contribution in [3.8, 4) is 5.69 Å². The van der Waals surface area contributed by atoms with Crippen molar-refractivity contribution in [2.75, 3.05) is 5.32 Å². The topological polar surface area (TPSA) is 42.7 Å². The van der Waals surface area contributed by atoms with Crippen molar-refractivity contribution in [3.63, 3.8) is 0 Å². The number of nitrogens with one attached hydrogen (secondary N) is 1. The van der Waals surface area contributed by atoms with Crippen LogP contribution in [0.3, 0.4) is 0 Å². The van der Waals surface area contributed by atoms with Crippen LogP contribution in [0.5, 0.6) is 0 Å². The first kappa shape index (κ1) is 16.6. The smallest absolute Gasteiger partial charge is 0.155 e. The number of rotatable bonds is 3. The third kappa shape index (κ3) is 3.15. The Hall–Kier alpha value is -2.59. The predicted molar refractivity (Wildman–Crippen MR) is 112 cm³/mol. The summed E-state index contributed by atoms with van der Waals surface area (Å²) in [6, 6.07) is 16.5. The van der Waals surface area contributed by atoms with Gasteiger partial charge in [-0.15, -0.1) is 0 Å². The lowest BCUT2D eigenvalue weighted by Crippen LogP contribution is -2.23. The first-order valence-electron chi connectivity index (χ1n) is 9.58. The van der Waals surface area contributed by atoms with E-state index in [0.717, 1.165) is 38.3 Å². The van der Waals surface area contributed by atoms with Gasteiger partial charge in [0.2, 0.25) is 0 Å². The molecule has 4 aromatic rings. The van der Waals surface area contributed by atoms with Gasteiger partial charge in [-0.3, -0.25) is 0 Å². The molecule has 1 aliphatic rings. The maximum absolute atomic E-state index is 6.04. The quantitative estimate of drug-likeness (QED) is 0.478. The number of nitrogens with zero attached hydrogens (tertiary/aromatic N) is 3. The number of aromatic nitrogens is 3. The van der Waals surface area contributed by atoms with Crippen molar-refractivity contribution in [2.45, 2.75) is 38.1 Å². The Morgan fingerprint density at radius 2 is 1.70 bits per heavy atom. The Kier molecular flexibility index (Phi) is 4.21. The van der Waals surface area contributed by atoms with Gasteiger partial charge in [0, 0.05) is 28.0 Å². The van der Waals surface area contributed by atoms with Crippen LogP contribution in [-0.2, 0) is 0 Å². The second-order valence-electron chi connectivity index (χ2n) is 7.27. The molecule has 136 valence electrons. The van der Waals surface area contributed by atoms with Gasteiger partial charge < -0.3 is 5.32 Å². The molecule has 0 atom stereocenters. The molecule has 0 bridgehead atoms. The normalized spacial score (nSPS) is 15.4. The van der Waals surface area contributed by atoms with Crippen LogP contribution in [0, 0.1) is 0 Å². The highest BCUT2D eigenvalue weighted by atomic mass is 35.5. The van der Waals surface area contributed by atoms with E-state index in [2.05, 4.69) is 29.7 Å². The van der Waals surface area contributed by atoms with Crippen molar-refractivity contribution in [2.24, 2.45) is 0 Å². The molecular formula is C22H21ClN4. The highest BCUT2D eigenvalue weighted by Gasteiger charge is 2.18. The maximum Gasteiger partial charge on any atom is 0.155 e. The van der Waals surface area contributed by atoms with Crippen LogP contribution in [0.15, 0.2) is 54.7 Å². The van der Waals surface area contributed by atoms with Crippen molar-refractivity contribution >= 4 is 39.2 Å². The molecule has 0 radical (unpaired) electrons. The second-order valence-corrected chi connectivity index (χ2v) is 7.71. The SMILES string of the molecule is Clc1ccc(-n2cc3c(n2)c(NC2CCCCC2)nc2ccccc23)cc1. The highest BCUT2D eigenvalue weighted by Crippen LogP contribution is 2.31. The van der Waals surface area contributed by atoms with Crippen LogP contribution >= 0.6 is 11.6 Å². The highest BCUT2D eigenvalue weighted by molar-refractivity contribution is 6.30. The standard InChI is InChI=1S/C22H21ClN4/c23-15-10-12-17(13-11-15)27-14-19-18-8-4-5-9-20(18)25-22(21(19)26-27)24-16-6-2-1-3-7-16/h4-5,8-14,16H,1-3,6-7H2,(H,24,25). The summed E-state index contributed by atoms with van der Waals surface area (Å²) in [7, 11) is 0. The van der Waals surface area contributed by atoms with Gasteiger partial charge in [0.1, 0.15) is 5.52 Å². The Balaban J connectivity index is 1.66. The van der Waals surface area contributed by atoms with E-state index in [-0.39, 0.29) is 0 Å². The molecule has 0 spiro atoms. The summed E-state index contributed by atoms with van der Waals surface area (Å²) in [6.45, 7) is 0. The fourth-order valence-corrected chi connectivity index (χ4v) is 4.11. The number of halogens is 1. The summed E-state index contributed by atoms with van der Waals surface area (Å²) in [5.74, 6) is 0.892. The molecule has 1 fully saturated rings. The third-order valence-electron chi connectivity index (χ3n) is 5.40. The van der Waals surface area contributed by atoms with Crippen LogP contribution in [0.4, 0.5) is 5.82 Å². The fraction of sp³-hybridized carbons (Fsp3) is 0.273. The van der Waals surface area contributed by atoms with Gasteiger partial charge in [-0.2, -0.15) is 5.10 Å². The summed E-state index contributed by atoms with van der Waals surface area (Å²) < 4.78 is 1.92. The number of hydrogen-bond acceptors (Lipinski definition) is 3. The van der Waals surface area contributed by atoms with E-state index < -0.39 is 0 Å². The average molecular weight is 377 g/mol. The van der Waals surface area contributed by atoms with E-state index in [4.69, 9.17) is 21.7 Å². The Morgan fingerprint density at radius 1 is 0.926 bits per heavy atom.